The number of anilines is 1. The second-order valence-corrected chi connectivity index (χ2v) is 6.03. The van der Waals surface area contributed by atoms with Crippen LogP contribution in [0.1, 0.15) is 37.7 Å². The van der Waals surface area contributed by atoms with E-state index in [9.17, 15) is 4.79 Å². The van der Waals surface area contributed by atoms with Gasteiger partial charge in [-0.25, -0.2) is 15.8 Å². The number of hydrogen-bond donors (Lipinski definition) is 2. The molecular formula is C13H21N5O. The average Bonchev–Trinajstić information content (AvgIpc) is 2.87. The molecule has 1 aliphatic rings. The van der Waals surface area contributed by atoms with Crippen LogP contribution in [0.25, 0.3) is 0 Å². The molecule has 1 aromatic heterocycles. The van der Waals surface area contributed by atoms with Crippen LogP contribution in [0.15, 0.2) is 12.4 Å². The lowest BCUT2D eigenvalue weighted by Gasteiger charge is -2.26. The van der Waals surface area contributed by atoms with Crippen LogP contribution >= 0.6 is 0 Å². The van der Waals surface area contributed by atoms with E-state index in [0.717, 1.165) is 19.5 Å². The third kappa shape index (κ3) is 3.01. The molecule has 1 amide bonds. The number of amides is 1. The van der Waals surface area contributed by atoms with E-state index in [0.29, 0.717) is 17.4 Å². The Labute approximate surface area is 113 Å². The minimum atomic E-state index is -0.0529. The zero-order valence-electron chi connectivity index (χ0n) is 11.7. The van der Waals surface area contributed by atoms with Gasteiger partial charge in [0.2, 0.25) is 0 Å². The van der Waals surface area contributed by atoms with Gasteiger partial charge in [0.15, 0.2) is 5.82 Å². The molecule has 0 radical (unpaired) electrons. The maximum Gasteiger partial charge on any atom is 0.274 e. The summed E-state index contributed by atoms with van der Waals surface area (Å²) < 4.78 is 0. The summed E-state index contributed by atoms with van der Waals surface area (Å²) >= 11 is 0. The Morgan fingerprint density at radius 1 is 1.42 bits per heavy atom. The average molecular weight is 263 g/mol. The molecule has 0 saturated carbocycles. The Balaban J connectivity index is 2.04. The molecule has 0 spiro atoms. The van der Waals surface area contributed by atoms with Gasteiger partial charge in [0.05, 0.1) is 12.4 Å². The minimum absolute atomic E-state index is 0.0529. The number of nitrogen functional groups attached to an aromatic ring is 1. The molecule has 0 aliphatic carbocycles. The molecule has 3 N–H and O–H groups in total. The summed E-state index contributed by atoms with van der Waals surface area (Å²) in [4.78, 5) is 22.2. The van der Waals surface area contributed by atoms with Crippen molar-refractivity contribution in [3.8, 4) is 0 Å². The lowest BCUT2D eigenvalue weighted by atomic mass is 9.80. The number of hydrogen-bond acceptors (Lipinski definition) is 5. The second-order valence-electron chi connectivity index (χ2n) is 6.03. The first kappa shape index (κ1) is 13.7. The molecule has 1 saturated heterocycles. The van der Waals surface area contributed by atoms with Gasteiger partial charge >= 0.3 is 0 Å². The normalized spacial score (nSPS) is 19.6. The topological polar surface area (TPSA) is 84.1 Å². The van der Waals surface area contributed by atoms with Gasteiger partial charge in [0.25, 0.3) is 5.91 Å². The third-order valence-electron chi connectivity index (χ3n) is 3.72. The highest BCUT2D eigenvalue weighted by atomic mass is 16.2. The van der Waals surface area contributed by atoms with Crippen molar-refractivity contribution in [2.75, 3.05) is 18.5 Å². The lowest BCUT2D eigenvalue weighted by Crippen LogP contribution is -2.31. The molecule has 1 unspecified atom stereocenters. The fourth-order valence-corrected chi connectivity index (χ4v) is 2.33. The summed E-state index contributed by atoms with van der Waals surface area (Å²) in [6, 6.07) is 0. The minimum Gasteiger partial charge on any atom is -0.337 e. The van der Waals surface area contributed by atoms with E-state index >= 15 is 0 Å². The van der Waals surface area contributed by atoms with Crippen molar-refractivity contribution in [2.24, 2.45) is 17.2 Å². The number of aromatic nitrogens is 2. The van der Waals surface area contributed by atoms with E-state index in [4.69, 9.17) is 5.84 Å². The summed E-state index contributed by atoms with van der Waals surface area (Å²) in [5.41, 5.74) is 2.99. The monoisotopic (exact) mass is 263 g/mol. The zero-order valence-corrected chi connectivity index (χ0v) is 11.7. The molecule has 1 aromatic rings. The Morgan fingerprint density at radius 2 is 2.16 bits per heavy atom. The number of nitrogens with two attached hydrogens (primary N) is 1. The standard InChI is InChI=1S/C13H21N5O/c1-13(2,3)9-4-5-18(8-9)12(19)10-6-16-11(17-14)7-15-10/h6-7,9H,4-5,8,14H2,1-3H3,(H,16,17). The highest BCUT2D eigenvalue weighted by molar-refractivity contribution is 5.92. The van der Waals surface area contributed by atoms with Crippen LogP contribution in [0.2, 0.25) is 0 Å². The quantitative estimate of drug-likeness (QED) is 0.620. The van der Waals surface area contributed by atoms with Crippen molar-refractivity contribution >= 4 is 11.7 Å². The molecule has 1 fully saturated rings. The Hall–Kier alpha value is -1.69. The number of likely N-dealkylation sites (tertiary alicyclic amines) is 1. The van der Waals surface area contributed by atoms with Crippen molar-refractivity contribution in [1.29, 1.82) is 0 Å². The summed E-state index contributed by atoms with van der Waals surface area (Å²) in [6.45, 7) is 8.23. The second kappa shape index (κ2) is 5.13. The van der Waals surface area contributed by atoms with Gasteiger partial charge in [-0.2, -0.15) is 0 Å². The fourth-order valence-electron chi connectivity index (χ4n) is 2.33. The third-order valence-corrected chi connectivity index (χ3v) is 3.72. The number of carbonyl (C=O) groups is 1. The summed E-state index contributed by atoms with van der Waals surface area (Å²) in [5.74, 6) is 6.15. The van der Waals surface area contributed by atoms with Gasteiger partial charge in [-0.3, -0.25) is 4.79 Å². The van der Waals surface area contributed by atoms with Crippen molar-refractivity contribution in [3.05, 3.63) is 18.1 Å². The lowest BCUT2D eigenvalue weighted by molar-refractivity contribution is 0.0770. The van der Waals surface area contributed by atoms with Gasteiger partial charge in [0, 0.05) is 13.1 Å². The van der Waals surface area contributed by atoms with Crippen LogP contribution in [0, 0.1) is 11.3 Å². The molecule has 2 rings (SSSR count). The van der Waals surface area contributed by atoms with E-state index in [2.05, 4.69) is 36.2 Å². The van der Waals surface area contributed by atoms with Crippen molar-refractivity contribution in [3.63, 3.8) is 0 Å². The van der Waals surface area contributed by atoms with Gasteiger partial charge in [-0.15, -0.1) is 0 Å². The molecular weight excluding hydrogens is 242 g/mol. The predicted octanol–water partition coefficient (Wildman–Crippen LogP) is 1.27. The van der Waals surface area contributed by atoms with Gasteiger partial charge < -0.3 is 10.3 Å². The first-order chi connectivity index (χ1) is 8.91. The number of nitrogens with zero attached hydrogens (tertiary/aromatic N) is 3. The Kier molecular flexibility index (Phi) is 3.71. The molecule has 0 aromatic carbocycles. The van der Waals surface area contributed by atoms with Crippen molar-refractivity contribution in [2.45, 2.75) is 27.2 Å². The number of hydrazine groups is 1. The summed E-state index contributed by atoms with van der Waals surface area (Å²) in [6.07, 6.45) is 3.97. The van der Waals surface area contributed by atoms with Gasteiger partial charge in [-0.05, 0) is 17.8 Å². The van der Waals surface area contributed by atoms with Crippen molar-refractivity contribution in [1.82, 2.24) is 14.9 Å². The summed E-state index contributed by atoms with van der Waals surface area (Å²) in [7, 11) is 0. The molecule has 6 heteroatoms. The van der Waals surface area contributed by atoms with E-state index in [1.807, 2.05) is 4.90 Å². The molecule has 2 heterocycles. The highest BCUT2D eigenvalue weighted by Gasteiger charge is 2.34. The largest absolute Gasteiger partial charge is 0.337 e. The number of nitrogens with one attached hydrogen (secondary N) is 1. The van der Waals surface area contributed by atoms with Crippen LogP contribution < -0.4 is 11.3 Å². The zero-order chi connectivity index (χ0) is 14.0. The first-order valence-corrected chi connectivity index (χ1v) is 6.49. The maximum absolute atomic E-state index is 12.3. The SMILES string of the molecule is CC(C)(C)C1CCN(C(=O)c2cnc(NN)cn2)C1. The van der Waals surface area contributed by atoms with Crippen LogP contribution in [-0.2, 0) is 0 Å². The molecule has 19 heavy (non-hydrogen) atoms. The van der Waals surface area contributed by atoms with E-state index in [1.165, 1.54) is 12.4 Å². The van der Waals surface area contributed by atoms with E-state index < -0.39 is 0 Å². The molecule has 1 atom stereocenters. The van der Waals surface area contributed by atoms with Crippen LogP contribution in [0.4, 0.5) is 5.82 Å². The molecule has 104 valence electrons. The number of carbonyl (C=O) groups excluding carboxylic acids is 1. The molecule has 0 bridgehead atoms. The molecule has 6 nitrogen and oxygen atoms in total. The van der Waals surface area contributed by atoms with E-state index in [-0.39, 0.29) is 11.3 Å². The van der Waals surface area contributed by atoms with Gasteiger partial charge in [0.1, 0.15) is 5.69 Å². The van der Waals surface area contributed by atoms with Gasteiger partial charge in [-0.1, -0.05) is 20.8 Å². The summed E-state index contributed by atoms with van der Waals surface area (Å²) in [5, 5.41) is 0. The highest BCUT2D eigenvalue weighted by Crippen LogP contribution is 2.33. The Morgan fingerprint density at radius 3 is 2.63 bits per heavy atom. The number of rotatable bonds is 2. The van der Waals surface area contributed by atoms with Crippen LogP contribution in [-0.4, -0.2) is 33.9 Å². The maximum atomic E-state index is 12.3. The van der Waals surface area contributed by atoms with Crippen LogP contribution in [0.5, 0.6) is 0 Å². The first-order valence-electron chi connectivity index (χ1n) is 6.49. The smallest absolute Gasteiger partial charge is 0.274 e. The van der Waals surface area contributed by atoms with Crippen molar-refractivity contribution < 1.29 is 4.79 Å². The predicted molar refractivity (Wildman–Crippen MR) is 73.3 cm³/mol. The Bertz CT molecular complexity index is 451. The van der Waals surface area contributed by atoms with Crippen LogP contribution in [0.3, 0.4) is 0 Å². The molecule has 1 aliphatic heterocycles. The van der Waals surface area contributed by atoms with E-state index in [1.54, 1.807) is 0 Å². The fraction of sp³-hybridized carbons (Fsp3) is 0.615.